The summed E-state index contributed by atoms with van der Waals surface area (Å²) in [6.07, 6.45) is 1.06. The first-order valence-corrected chi connectivity index (χ1v) is 7.95. The number of hydrogen-bond acceptors (Lipinski definition) is 4. The first-order valence-electron chi connectivity index (χ1n) is 6.25. The molecule has 1 saturated heterocycles. The van der Waals surface area contributed by atoms with Gasteiger partial charge < -0.3 is 5.32 Å². The van der Waals surface area contributed by atoms with Crippen LogP contribution < -0.4 is 5.32 Å². The number of para-hydroxylation sites is 2. The SMILES string of the molecule is O=[S@@](C[C@@H]1CCNC1)c1nc2ccccc2nc1Cl. The van der Waals surface area contributed by atoms with E-state index in [4.69, 9.17) is 11.6 Å². The number of rotatable bonds is 3. The zero-order chi connectivity index (χ0) is 13.2. The van der Waals surface area contributed by atoms with E-state index in [1.54, 1.807) is 0 Å². The molecule has 0 amide bonds. The molecular weight excluding hydrogens is 282 g/mol. The van der Waals surface area contributed by atoms with Gasteiger partial charge in [-0.25, -0.2) is 9.97 Å². The highest BCUT2D eigenvalue weighted by molar-refractivity contribution is 7.85. The summed E-state index contributed by atoms with van der Waals surface area (Å²) < 4.78 is 12.4. The number of aromatic nitrogens is 2. The molecule has 0 spiro atoms. The number of nitrogens with one attached hydrogen (secondary N) is 1. The molecule has 1 aliphatic heterocycles. The number of nitrogens with zero attached hydrogens (tertiary/aromatic N) is 2. The standard InChI is InChI=1S/C13H14ClN3OS/c14-12-13(19(18)8-9-5-6-15-7-9)17-11-4-2-1-3-10(11)16-12/h1-4,9,15H,5-8H2/t9-,19+/m1/s1. The molecule has 1 aromatic heterocycles. The fourth-order valence-corrected chi connectivity index (χ4v) is 3.95. The average molecular weight is 296 g/mol. The topological polar surface area (TPSA) is 54.9 Å². The van der Waals surface area contributed by atoms with E-state index in [0.29, 0.717) is 16.7 Å². The maximum absolute atomic E-state index is 12.4. The van der Waals surface area contributed by atoms with E-state index < -0.39 is 10.8 Å². The first-order chi connectivity index (χ1) is 9.24. The summed E-state index contributed by atoms with van der Waals surface area (Å²) in [5, 5.41) is 3.93. The van der Waals surface area contributed by atoms with Crippen LogP contribution in [0.25, 0.3) is 11.0 Å². The van der Waals surface area contributed by atoms with Crippen LogP contribution in [-0.4, -0.2) is 33.0 Å². The third-order valence-electron chi connectivity index (χ3n) is 3.26. The zero-order valence-electron chi connectivity index (χ0n) is 10.3. The lowest BCUT2D eigenvalue weighted by atomic mass is 10.2. The molecule has 4 nitrogen and oxygen atoms in total. The van der Waals surface area contributed by atoms with E-state index in [-0.39, 0.29) is 5.15 Å². The Kier molecular flexibility index (Phi) is 3.77. The monoisotopic (exact) mass is 295 g/mol. The van der Waals surface area contributed by atoms with Crippen molar-refractivity contribution in [3.63, 3.8) is 0 Å². The molecule has 6 heteroatoms. The second-order valence-electron chi connectivity index (χ2n) is 4.68. The molecule has 0 unspecified atom stereocenters. The second-order valence-corrected chi connectivity index (χ2v) is 6.45. The van der Waals surface area contributed by atoms with Gasteiger partial charge in [-0.2, -0.15) is 0 Å². The quantitative estimate of drug-likeness (QED) is 0.941. The van der Waals surface area contributed by atoms with Crippen LogP contribution in [0.5, 0.6) is 0 Å². The highest BCUT2D eigenvalue weighted by Gasteiger charge is 2.21. The number of fused-ring (bicyclic) bond motifs is 1. The molecule has 3 rings (SSSR count). The lowest BCUT2D eigenvalue weighted by molar-refractivity contribution is 0.631. The maximum Gasteiger partial charge on any atom is 0.165 e. The highest BCUT2D eigenvalue weighted by atomic mass is 35.5. The number of halogens is 1. The number of hydrogen-bond donors (Lipinski definition) is 1. The minimum atomic E-state index is -1.19. The third kappa shape index (κ3) is 2.78. The van der Waals surface area contributed by atoms with Crippen LogP contribution in [0.1, 0.15) is 6.42 Å². The molecule has 2 heterocycles. The summed E-state index contributed by atoms with van der Waals surface area (Å²) in [5.74, 6) is 1.03. The van der Waals surface area contributed by atoms with Crippen molar-refractivity contribution in [3.05, 3.63) is 29.4 Å². The van der Waals surface area contributed by atoms with Crippen LogP contribution in [-0.2, 0) is 10.8 Å². The summed E-state index contributed by atoms with van der Waals surface area (Å²) in [6.45, 7) is 1.92. The predicted octanol–water partition coefficient (Wildman–Crippen LogP) is 2.00. The van der Waals surface area contributed by atoms with Gasteiger partial charge in [-0.1, -0.05) is 23.7 Å². The van der Waals surface area contributed by atoms with Gasteiger partial charge in [0.2, 0.25) is 0 Å². The van der Waals surface area contributed by atoms with Gasteiger partial charge in [-0.05, 0) is 37.6 Å². The van der Waals surface area contributed by atoms with Crippen molar-refractivity contribution >= 4 is 33.4 Å². The molecule has 1 aliphatic rings. The van der Waals surface area contributed by atoms with E-state index in [1.165, 1.54) is 0 Å². The first kappa shape index (κ1) is 13.0. The van der Waals surface area contributed by atoms with E-state index in [9.17, 15) is 4.21 Å². The van der Waals surface area contributed by atoms with Gasteiger partial charge in [0.15, 0.2) is 10.2 Å². The van der Waals surface area contributed by atoms with Gasteiger partial charge in [0.25, 0.3) is 0 Å². The van der Waals surface area contributed by atoms with Crippen molar-refractivity contribution < 1.29 is 4.21 Å². The Morgan fingerprint density at radius 1 is 1.32 bits per heavy atom. The van der Waals surface area contributed by atoms with Gasteiger partial charge in [-0.3, -0.25) is 4.21 Å². The zero-order valence-corrected chi connectivity index (χ0v) is 11.9. The Labute approximate surface area is 119 Å². The molecule has 100 valence electrons. The van der Waals surface area contributed by atoms with Crippen molar-refractivity contribution in [3.8, 4) is 0 Å². The van der Waals surface area contributed by atoms with Crippen molar-refractivity contribution in [2.75, 3.05) is 18.8 Å². The van der Waals surface area contributed by atoms with E-state index >= 15 is 0 Å². The summed E-state index contributed by atoms with van der Waals surface area (Å²) in [7, 11) is -1.19. The molecule has 0 saturated carbocycles. The van der Waals surface area contributed by atoms with Gasteiger partial charge in [-0.15, -0.1) is 0 Å². The Morgan fingerprint density at radius 2 is 2.05 bits per heavy atom. The highest BCUT2D eigenvalue weighted by Crippen LogP contribution is 2.22. The van der Waals surface area contributed by atoms with Crippen molar-refractivity contribution in [2.24, 2.45) is 5.92 Å². The molecule has 1 aromatic carbocycles. The maximum atomic E-state index is 12.4. The average Bonchev–Trinajstić information content (AvgIpc) is 2.90. The lowest BCUT2D eigenvalue weighted by Crippen LogP contribution is -2.16. The smallest absolute Gasteiger partial charge is 0.165 e. The normalized spacial score (nSPS) is 20.8. The number of benzene rings is 1. The van der Waals surface area contributed by atoms with Crippen LogP contribution in [0.2, 0.25) is 5.15 Å². The van der Waals surface area contributed by atoms with Gasteiger partial charge in [0, 0.05) is 5.75 Å². The molecule has 0 radical (unpaired) electrons. The minimum absolute atomic E-state index is 0.253. The predicted molar refractivity (Wildman–Crippen MR) is 76.8 cm³/mol. The van der Waals surface area contributed by atoms with Crippen LogP contribution in [0.3, 0.4) is 0 Å². The summed E-state index contributed by atoms with van der Waals surface area (Å²) >= 11 is 6.10. The minimum Gasteiger partial charge on any atom is -0.316 e. The van der Waals surface area contributed by atoms with Gasteiger partial charge >= 0.3 is 0 Å². The van der Waals surface area contributed by atoms with Crippen LogP contribution in [0.15, 0.2) is 29.3 Å². The summed E-state index contributed by atoms with van der Waals surface area (Å²) in [6, 6.07) is 7.48. The molecule has 19 heavy (non-hydrogen) atoms. The second kappa shape index (κ2) is 5.53. The fourth-order valence-electron chi connectivity index (χ4n) is 2.26. The Balaban J connectivity index is 1.90. The molecule has 2 aromatic rings. The lowest BCUT2D eigenvalue weighted by Gasteiger charge is -2.09. The molecule has 0 aliphatic carbocycles. The Bertz CT molecular complexity index is 628. The molecular formula is C13H14ClN3OS. The fraction of sp³-hybridized carbons (Fsp3) is 0.385. The van der Waals surface area contributed by atoms with Gasteiger partial charge in [0.05, 0.1) is 21.8 Å². The van der Waals surface area contributed by atoms with Crippen LogP contribution in [0.4, 0.5) is 0 Å². The van der Waals surface area contributed by atoms with E-state index in [1.807, 2.05) is 24.3 Å². The Morgan fingerprint density at radius 3 is 2.74 bits per heavy atom. The van der Waals surface area contributed by atoms with Crippen molar-refractivity contribution in [2.45, 2.75) is 11.4 Å². The summed E-state index contributed by atoms with van der Waals surface area (Å²) in [4.78, 5) is 8.67. The molecule has 1 fully saturated rings. The molecule has 1 N–H and O–H groups in total. The van der Waals surface area contributed by atoms with Crippen molar-refractivity contribution in [1.29, 1.82) is 0 Å². The van der Waals surface area contributed by atoms with Crippen LogP contribution >= 0.6 is 11.6 Å². The van der Waals surface area contributed by atoms with E-state index in [0.717, 1.165) is 30.5 Å². The third-order valence-corrected chi connectivity index (χ3v) is 5.13. The Hall–Kier alpha value is -1.04. The largest absolute Gasteiger partial charge is 0.316 e. The molecule has 0 bridgehead atoms. The molecule has 2 atom stereocenters. The van der Waals surface area contributed by atoms with Crippen molar-refractivity contribution in [1.82, 2.24) is 15.3 Å². The summed E-state index contributed by atoms with van der Waals surface area (Å²) in [5.41, 5.74) is 1.47. The van der Waals surface area contributed by atoms with Crippen LogP contribution in [0, 0.1) is 5.92 Å². The van der Waals surface area contributed by atoms with Gasteiger partial charge in [0.1, 0.15) is 0 Å². The van der Waals surface area contributed by atoms with E-state index in [2.05, 4.69) is 15.3 Å².